The van der Waals surface area contributed by atoms with Crippen LogP contribution in [0.1, 0.15) is 12.8 Å². The number of hydrogen-bond donors (Lipinski definition) is 0. The third kappa shape index (κ3) is 5.14. The molecule has 1 aromatic heterocycles. The molecule has 1 heterocycles. The van der Waals surface area contributed by atoms with Crippen LogP contribution in [0.2, 0.25) is 0 Å². The van der Waals surface area contributed by atoms with Crippen molar-refractivity contribution in [1.82, 2.24) is 0 Å². The van der Waals surface area contributed by atoms with Gasteiger partial charge in [0.15, 0.2) is 0 Å². The van der Waals surface area contributed by atoms with E-state index in [0.717, 1.165) is 29.9 Å². The number of rotatable bonds is 5. The van der Waals surface area contributed by atoms with Gasteiger partial charge in [0.2, 0.25) is 0 Å². The number of anilines is 3. The zero-order chi connectivity index (χ0) is 35.6. The van der Waals surface area contributed by atoms with Gasteiger partial charge in [-0.05, 0) is 138 Å². The van der Waals surface area contributed by atoms with Crippen LogP contribution in [0.25, 0.3) is 87.6 Å². The van der Waals surface area contributed by atoms with Gasteiger partial charge in [-0.2, -0.15) is 0 Å². The number of fused-ring (bicyclic) bond motifs is 9. The molecule has 0 unspecified atom stereocenters. The summed E-state index contributed by atoms with van der Waals surface area (Å²) in [6.07, 6.45) is 7.08. The Labute approximate surface area is 318 Å². The van der Waals surface area contributed by atoms with Crippen molar-refractivity contribution in [3.8, 4) is 22.3 Å². The maximum atomic E-state index is 2.42. The highest BCUT2D eigenvalue weighted by Crippen LogP contribution is 2.41. The van der Waals surface area contributed by atoms with Crippen LogP contribution in [0.15, 0.2) is 176 Å². The van der Waals surface area contributed by atoms with Crippen LogP contribution < -0.4 is 14.7 Å². The van der Waals surface area contributed by atoms with E-state index >= 15 is 0 Å². The predicted molar refractivity (Wildman–Crippen MR) is 235 cm³/mol. The average molecular weight is 706 g/mol. The lowest BCUT2D eigenvalue weighted by Crippen LogP contribution is -2.20. The molecule has 0 fully saturated rings. The van der Waals surface area contributed by atoms with Crippen LogP contribution in [0.4, 0.5) is 17.1 Å². The van der Waals surface area contributed by atoms with Gasteiger partial charge in [0.05, 0.1) is 0 Å². The Kier molecular flexibility index (Phi) is 7.24. The molecule has 2 heteroatoms. The van der Waals surface area contributed by atoms with Crippen molar-refractivity contribution in [2.24, 2.45) is 0 Å². The summed E-state index contributed by atoms with van der Waals surface area (Å²) >= 11 is 1.92. The minimum Gasteiger partial charge on any atom is -0.310 e. The monoisotopic (exact) mass is 705 g/mol. The van der Waals surface area contributed by atoms with E-state index in [1.165, 1.54) is 85.2 Å². The molecule has 0 atom stereocenters. The SMILES string of the molecule is C1=c2sc3cc4cc(N(c5ccc(-c6ccccc6)cc5)c5ccc(-c6cc7ccc8ccccc8c7c7ccccc67)cc5)ccc4cc3c2=CCC1. The predicted octanol–water partition coefficient (Wildman–Crippen LogP) is 13.7. The molecule has 0 saturated heterocycles. The zero-order valence-corrected chi connectivity index (χ0v) is 30.5. The topological polar surface area (TPSA) is 3.24 Å². The Morgan fingerprint density at radius 3 is 1.83 bits per heavy atom. The third-order valence-corrected chi connectivity index (χ3v) is 12.4. The second kappa shape index (κ2) is 12.6. The maximum absolute atomic E-state index is 2.42. The highest BCUT2D eigenvalue weighted by Gasteiger charge is 2.17. The van der Waals surface area contributed by atoms with Gasteiger partial charge in [0.1, 0.15) is 0 Å². The number of nitrogens with zero attached hydrogens (tertiary/aromatic N) is 1. The van der Waals surface area contributed by atoms with Crippen molar-refractivity contribution in [3.63, 3.8) is 0 Å². The first-order chi connectivity index (χ1) is 26.7. The highest BCUT2D eigenvalue weighted by molar-refractivity contribution is 7.17. The van der Waals surface area contributed by atoms with Gasteiger partial charge in [0.25, 0.3) is 0 Å². The number of benzene rings is 9. The summed E-state index contributed by atoms with van der Waals surface area (Å²) in [7, 11) is 0. The molecule has 10 aromatic rings. The van der Waals surface area contributed by atoms with E-state index in [2.05, 4.69) is 193 Å². The first-order valence-electron chi connectivity index (χ1n) is 18.8. The van der Waals surface area contributed by atoms with Crippen LogP contribution in [-0.4, -0.2) is 0 Å². The van der Waals surface area contributed by atoms with Crippen LogP contribution in [0, 0.1) is 0 Å². The molecule has 0 N–H and O–H groups in total. The Morgan fingerprint density at radius 1 is 0.389 bits per heavy atom. The van der Waals surface area contributed by atoms with E-state index in [0.29, 0.717) is 0 Å². The average Bonchev–Trinajstić information content (AvgIpc) is 3.60. The molecule has 1 aliphatic rings. The molecule has 54 heavy (non-hydrogen) atoms. The molecule has 254 valence electrons. The molecule has 0 amide bonds. The lowest BCUT2D eigenvalue weighted by molar-refractivity contribution is 1.13. The molecule has 0 saturated carbocycles. The molecule has 11 rings (SSSR count). The van der Waals surface area contributed by atoms with Gasteiger partial charge >= 0.3 is 0 Å². The molecule has 9 aromatic carbocycles. The van der Waals surface area contributed by atoms with Crippen molar-refractivity contribution in [1.29, 1.82) is 0 Å². The largest absolute Gasteiger partial charge is 0.310 e. The van der Waals surface area contributed by atoms with Crippen molar-refractivity contribution >= 4 is 93.7 Å². The van der Waals surface area contributed by atoms with Gasteiger partial charge in [-0.15, -0.1) is 11.3 Å². The zero-order valence-electron chi connectivity index (χ0n) is 29.7. The second-order valence-electron chi connectivity index (χ2n) is 14.4. The summed E-state index contributed by atoms with van der Waals surface area (Å²) in [4.78, 5) is 2.40. The third-order valence-electron chi connectivity index (χ3n) is 11.2. The normalized spacial score (nSPS) is 12.6. The fourth-order valence-corrected chi connectivity index (χ4v) is 9.80. The van der Waals surface area contributed by atoms with Gasteiger partial charge < -0.3 is 4.90 Å². The smallest absolute Gasteiger partial charge is 0.0468 e. The Hall–Kier alpha value is -6.48. The van der Waals surface area contributed by atoms with E-state index < -0.39 is 0 Å². The van der Waals surface area contributed by atoms with Gasteiger partial charge in [-0.3, -0.25) is 0 Å². The summed E-state index contributed by atoms with van der Waals surface area (Å²) in [6, 6.07) is 65.0. The highest BCUT2D eigenvalue weighted by atomic mass is 32.1. The summed E-state index contributed by atoms with van der Waals surface area (Å²) < 4.78 is 2.78. The lowest BCUT2D eigenvalue weighted by Gasteiger charge is -2.26. The molecule has 0 aliphatic heterocycles. The van der Waals surface area contributed by atoms with Crippen molar-refractivity contribution in [3.05, 3.63) is 186 Å². The molecule has 1 nitrogen and oxygen atoms in total. The molecule has 0 radical (unpaired) electrons. The van der Waals surface area contributed by atoms with E-state index in [4.69, 9.17) is 0 Å². The minimum absolute atomic E-state index is 1.12. The number of thiophene rings is 1. The van der Waals surface area contributed by atoms with Gasteiger partial charge in [-0.25, -0.2) is 0 Å². The van der Waals surface area contributed by atoms with E-state index in [1.807, 2.05) is 11.3 Å². The fourth-order valence-electron chi connectivity index (χ4n) is 8.60. The van der Waals surface area contributed by atoms with Gasteiger partial charge in [-0.1, -0.05) is 133 Å². The van der Waals surface area contributed by atoms with Crippen molar-refractivity contribution in [2.45, 2.75) is 12.8 Å². The Bertz CT molecular complexity index is 3190. The summed E-state index contributed by atoms with van der Waals surface area (Å²) in [5.74, 6) is 0. The molecular formula is C52H35NS. The molecule has 0 spiro atoms. The summed E-state index contributed by atoms with van der Waals surface area (Å²) in [6.45, 7) is 0. The van der Waals surface area contributed by atoms with E-state index in [9.17, 15) is 0 Å². The first-order valence-corrected chi connectivity index (χ1v) is 19.6. The van der Waals surface area contributed by atoms with E-state index in [-0.39, 0.29) is 0 Å². The molecule has 1 aliphatic carbocycles. The van der Waals surface area contributed by atoms with Crippen molar-refractivity contribution < 1.29 is 0 Å². The van der Waals surface area contributed by atoms with Crippen LogP contribution >= 0.6 is 11.3 Å². The molecule has 0 bridgehead atoms. The minimum atomic E-state index is 1.12. The second-order valence-corrected chi connectivity index (χ2v) is 15.5. The standard InChI is InChI=1S/C52H35NS/c1-2-10-34(11-3-1)35-20-25-41(26-21-35)53(43-29-24-38-31-49-46-15-8-9-17-50(46)54-51(49)33-40(38)30-43)42-27-22-37(23-28-42)48-32-39-19-18-36-12-4-5-13-44(36)52(39)47-16-7-6-14-45(47)48/h1-7,10-33H,8-9H2. The van der Waals surface area contributed by atoms with Gasteiger partial charge in [0, 0.05) is 31.7 Å². The van der Waals surface area contributed by atoms with Crippen LogP contribution in [0.5, 0.6) is 0 Å². The van der Waals surface area contributed by atoms with E-state index in [1.54, 1.807) is 0 Å². The summed E-state index contributed by atoms with van der Waals surface area (Å²) in [5, 5.41) is 13.0. The lowest BCUT2D eigenvalue weighted by atomic mass is 9.90. The number of hydrogen-bond acceptors (Lipinski definition) is 2. The maximum Gasteiger partial charge on any atom is 0.0468 e. The van der Waals surface area contributed by atoms with Crippen molar-refractivity contribution in [2.75, 3.05) is 4.90 Å². The van der Waals surface area contributed by atoms with Crippen LogP contribution in [0.3, 0.4) is 0 Å². The first kappa shape index (κ1) is 31.1. The Morgan fingerprint density at radius 2 is 1.02 bits per heavy atom. The Balaban J connectivity index is 1.05. The fraction of sp³-hybridized carbons (Fsp3) is 0.0385. The molecular weight excluding hydrogens is 671 g/mol. The summed E-state index contributed by atoms with van der Waals surface area (Å²) in [5.41, 5.74) is 8.28. The van der Waals surface area contributed by atoms with Crippen LogP contribution in [-0.2, 0) is 0 Å². The quantitative estimate of drug-likeness (QED) is 0.161.